The molecule has 1 N–H and O–H groups in total. The predicted octanol–water partition coefficient (Wildman–Crippen LogP) is 2.55. The van der Waals surface area contributed by atoms with Crippen molar-refractivity contribution in [1.82, 2.24) is 14.8 Å². The van der Waals surface area contributed by atoms with Gasteiger partial charge in [0.15, 0.2) is 0 Å². The molecule has 3 fully saturated rings. The van der Waals surface area contributed by atoms with Gasteiger partial charge in [-0.25, -0.2) is 4.39 Å². The molecule has 4 aliphatic heterocycles. The molecule has 3 saturated heterocycles. The summed E-state index contributed by atoms with van der Waals surface area (Å²) in [5.41, 5.74) is 2.70. The lowest BCUT2D eigenvalue weighted by molar-refractivity contribution is 0.0621. The van der Waals surface area contributed by atoms with Crippen LogP contribution in [0, 0.1) is 11.7 Å². The summed E-state index contributed by atoms with van der Waals surface area (Å²) in [7, 11) is 0. The number of nitrogens with zero attached hydrogens (tertiary/aromatic N) is 2. The molecule has 4 aliphatic rings. The number of rotatable bonds is 2. The first kappa shape index (κ1) is 14.5. The third-order valence-corrected chi connectivity index (χ3v) is 6.08. The van der Waals surface area contributed by atoms with Crippen LogP contribution in [0.3, 0.4) is 0 Å². The maximum atomic E-state index is 14.0. The highest BCUT2D eigenvalue weighted by molar-refractivity contribution is 6.08. The van der Waals surface area contributed by atoms with Crippen molar-refractivity contribution < 1.29 is 9.18 Å². The van der Waals surface area contributed by atoms with Gasteiger partial charge in [0.1, 0.15) is 5.82 Å². The van der Waals surface area contributed by atoms with Crippen LogP contribution in [-0.2, 0) is 13.0 Å². The Morgan fingerprint density at radius 2 is 2.04 bits per heavy atom. The molecule has 1 aromatic carbocycles. The average molecular weight is 327 g/mol. The van der Waals surface area contributed by atoms with E-state index < -0.39 is 0 Å². The van der Waals surface area contributed by atoms with E-state index in [1.54, 1.807) is 6.07 Å². The number of amides is 1. The van der Waals surface area contributed by atoms with Crippen LogP contribution in [0.2, 0.25) is 0 Å². The molecule has 0 aliphatic carbocycles. The summed E-state index contributed by atoms with van der Waals surface area (Å²) in [5.74, 6) is 0.306. The van der Waals surface area contributed by atoms with Crippen molar-refractivity contribution in [3.05, 3.63) is 35.3 Å². The molecule has 6 rings (SSSR count). The Labute approximate surface area is 140 Å². The minimum atomic E-state index is -0.242. The molecule has 126 valence electrons. The van der Waals surface area contributed by atoms with Crippen LogP contribution in [0.25, 0.3) is 10.9 Å². The number of hydrogen-bond donors (Lipinski definition) is 1. The van der Waals surface area contributed by atoms with Crippen LogP contribution in [0.4, 0.5) is 4.39 Å². The predicted molar refractivity (Wildman–Crippen MR) is 90.6 cm³/mol. The van der Waals surface area contributed by atoms with Crippen molar-refractivity contribution in [1.29, 1.82) is 0 Å². The lowest BCUT2D eigenvalue weighted by Gasteiger charge is -2.44. The number of nitrogens with one attached hydrogen (secondary N) is 1. The topological polar surface area (TPSA) is 37.3 Å². The molecule has 4 nitrogen and oxygen atoms in total. The fourth-order valence-electron chi connectivity index (χ4n) is 4.85. The molecule has 0 saturated carbocycles. The highest BCUT2D eigenvalue weighted by atomic mass is 19.1. The first-order valence-electron chi connectivity index (χ1n) is 9.03. The molecule has 1 amide bonds. The highest BCUT2D eigenvalue weighted by Crippen LogP contribution is 2.32. The summed E-state index contributed by atoms with van der Waals surface area (Å²) >= 11 is 0. The van der Waals surface area contributed by atoms with Gasteiger partial charge in [-0.3, -0.25) is 4.79 Å². The zero-order chi connectivity index (χ0) is 16.3. The van der Waals surface area contributed by atoms with Gasteiger partial charge in [-0.15, -0.1) is 0 Å². The molecule has 24 heavy (non-hydrogen) atoms. The summed E-state index contributed by atoms with van der Waals surface area (Å²) in [6.45, 7) is 4.17. The lowest BCUT2D eigenvalue weighted by Crippen LogP contribution is -2.57. The van der Waals surface area contributed by atoms with Gasteiger partial charge < -0.3 is 14.8 Å². The van der Waals surface area contributed by atoms with Crippen molar-refractivity contribution in [2.24, 2.45) is 5.92 Å². The first-order valence-corrected chi connectivity index (χ1v) is 9.03. The van der Waals surface area contributed by atoms with Gasteiger partial charge in [0.2, 0.25) is 0 Å². The molecular formula is C19H22FN3O. The van der Waals surface area contributed by atoms with Gasteiger partial charge in [-0.05, 0) is 62.4 Å². The van der Waals surface area contributed by atoms with Gasteiger partial charge >= 0.3 is 0 Å². The lowest BCUT2D eigenvalue weighted by atomic mass is 9.84. The van der Waals surface area contributed by atoms with E-state index in [1.807, 2.05) is 6.20 Å². The number of hydrogen-bond acceptors (Lipinski definition) is 2. The zero-order valence-electron chi connectivity index (χ0n) is 13.7. The second-order valence-corrected chi connectivity index (χ2v) is 7.52. The van der Waals surface area contributed by atoms with Crippen LogP contribution < -0.4 is 5.32 Å². The Hall–Kier alpha value is -1.88. The maximum Gasteiger partial charge on any atom is 0.253 e. The van der Waals surface area contributed by atoms with Crippen molar-refractivity contribution in [3.63, 3.8) is 0 Å². The monoisotopic (exact) mass is 327 g/mol. The normalized spacial score (nSPS) is 28.3. The zero-order valence-corrected chi connectivity index (χ0v) is 13.7. The van der Waals surface area contributed by atoms with Gasteiger partial charge in [-0.2, -0.15) is 0 Å². The molecule has 0 radical (unpaired) electrons. The number of fused-ring (bicyclic) bond motifs is 3. The summed E-state index contributed by atoms with van der Waals surface area (Å²) in [4.78, 5) is 15.3. The molecule has 0 spiro atoms. The quantitative estimate of drug-likeness (QED) is 0.920. The Morgan fingerprint density at radius 1 is 1.21 bits per heavy atom. The standard InChI is InChI=1S/C19H22FN3O/c20-14-8-13-2-1-5-23-10-16(15(9-14)18(13)23)19(24)21-17-11-22-6-3-12(17)4-7-22/h8-10,12,17H,1-7,11H2,(H,21,24). The molecule has 2 bridgehead atoms. The third-order valence-electron chi connectivity index (χ3n) is 6.08. The van der Waals surface area contributed by atoms with Crippen molar-refractivity contribution >= 4 is 16.8 Å². The van der Waals surface area contributed by atoms with Gasteiger partial charge in [0.05, 0.1) is 11.1 Å². The summed E-state index contributed by atoms with van der Waals surface area (Å²) in [5, 5.41) is 4.01. The second kappa shape index (κ2) is 5.31. The first-order chi connectivity index (χ1) is 11.7. The Balaban J connectivity index is 1.49. The van der Waals surface area contributed by atoms with E-state index in [-0.39, 0.29) is 17.8 Å². The third kappa shape index (κ3) is 2.18. The number of benzene rings is 1. The minimum Gasteiger partial charge on any atom is -0.348 e. The Kier molecular flexibility index (Phi) is 3.20. The van der Waals surface area contributed by atoms with E-state index >= 15 is 0 Å². The number of carbonyl (C=O) groups is 1. The van der Waals surface area contributed by atoms with E-state index in [0.717, 1.165) is 55.5 Å². The van der Waals surface area contributed by atoms with E-state index in [0.29, 0.717) is 11.5 Å². The fourth-order valence-corrected chi connectivity index (χ4v) is 4.85. The minimum absolute atomic E-state index is 0.0454. The molecule has 2 aromatic rings. The number of aryl methyl sites for hydroxylation is 2. The maximum absolute atomic E-state index is 14.0. The van der Waals surface area contributed by atoms with E-state index in [4.69, 9.17) is 0 Å². The molecule has 5 heterocycles. The van der Waals surface area contributed by atoms with Crippen molar-refractivity contribution in [2.75, 3.05) is 19.6 Å². The van der Waals surface area contributed by atoms with Crippen LogP contribution in [-0.4, -0.2) is 41.1 Å². The number of piperidine rings is 3. The molecule has 1 aromatic heterocycles. The number of carbonyl (C=O) groups excluding carboxylic acids is 1. The summed E-state index contributed by atoms with van der Waals surface area (Å²) < 4.78 is 16.1. The summed E-state index contributed by atoms with van der Waals surface area (Å²) in [6, 6.07) is 3.37. The Morgan fingerprint density at radius 3 is 2.79 bits per heavy atom. The molecule has 5 heteroatoms. The summed E-state index contributed by atoms with van der Waals surface area (Å²) in [6.07, 6.45) is 6.15. The Bertz CT molecular complexity index is 820. The van der Waals surface area contributed by atoms with Gasteiger partial charge in [-0.1, -0.05) is 0 Å². The highest BCUT2D eigenvalue weighted by Gasteiger charge is 2.35. The van der Waals surface area contributed by atoms with Gasteiger partial charge in [0.25, 0.3) is 5.91 Å². The molecular weight excluding hydrogens is 305 g/mol. The molecule has 1 unspecified atom stereocenters. The van der Waals surface area contributed by atoms with Crippen LogP contribution >= 0.6 is 0 Å². The average Bonchev–Trinajstić information content (AvgIpc) is 2.96. The van der Waals surface area contributed by atoms with E-state index in [1.165, 1.54) is 18.9 Å². The van der Waals surface area contributed by atoms with Crippen molar-refractivity contribution in [3.8, 4) is 0 Å². The SMILES string of the molecule is O=C(NC1CN2CCC1CC2)c1cn2c3c(cc(F)cc13)CCC2. The van der Waals surface area contributed by atoms with Crippen molar-refractivity contribution in [2.45, 2.75) is 38.3 Å². The van der Waals surface area contributed by atoms with E-state index in [9.17, 15) is 9.18 Å². The van der Waals surface area contributed by atoms with Crippen LogP contribution in [0.1, 0.15) is 35.2 Å². The fraction of sp³-hybridized carbons (Fsp3) is 0.526. The largest absolute Gasteiger partial charge is 0.348 e. The van der Waals surface area contributed by atoms with Crippen LogP contribution in [0.5, 0.6) is 0 Å². The second-order valence-electron chi connectivity index (χ2n) is 7.52. The van der Waals surface area contributed by atoms with Gasteiger partial charge in [0, 0.05) is 30.7 Å². The van der Waals surface area contributed by atoms with Crippen LogP contribution in [0.15, 0.2) is 18.3 Å². The number of halogens is 1. The smallest absolute Gasteiger partial charge is 0.253 e. The molecule has 1 atom stereocenters. The number of aromatic nitrogens is 1. The van der Waals surface area contributed by atoms with E-state index in [2.05, 4.69) is 14.8 Å².